The lowest BCUT2D eigenvalue weighted by Gasteiger charge is -2.15. The Morgan fingerprint density at radius 2 is 2.16 bits per heavy atom. The van der Waals surface area contributed by atoms with E-state index in [4.69, 9.17) is 4.74 Å². The van der Waals surface area contributed by atoms with Crippen molar-refractivity contribution in [3.63, 3.8) is 0 Å². The first-order valence-corrected chi connectivity index (χ1v) is 6.20. The van der Waals surface area contributed by atoms with E-state index in [1.165, 1.54) is 0 Å². The normalized spacial score (nSPS) is 12.1. The van der Waals surface area contributed by atoms with Crippen LogP contribution in [-0.2, 0) is 6.54 Å². The molecule has 0 saturated carbocycles. The highest BCUT2D eigenvalue weighted by atomic mass is 16.5. The maximum atomic E-state index is 9.99. The Kier molecular flexibility index (Phi) is 4.36. The van der Waals surface area contributed by atoms with Crippen molar-refractivity contribution in [2.24, 2.45) is 0 Å². The number of phenolic OH excluding ortho intramolecular Hbond substituents is 1. The van der Waals surface area contributed by atoms with Gasteiger partial charge in [0.15, 0.2) is 11.5 Å². The van der Waals surface area contributed by atoms with Crippen LogP contribution < -0.4 is 10.1 Å². The number of pyridine rings is 1. The minimum Gasteiger partial charge on any atom is -0.504 e. The molecule has 0 amide bonds. The Labute approximate surface area is 113 Å². The van der Waals surface area contributed by atoms with Gasteiger partial charge >= 0.3 is 0 Å². The number of phenols is 1. The highest BCUT2D eigenvalue weighted by molar-refractivity contribution is 5.45. The van der Waals surface area contributed by atoms with Crippen molar-refractivity contribution < 1.29 is 9.84 Å². The van der Waals surface area contributed by atoms with E-state index in [0.717, 1.165) is 11.1 Å². The number of hydrogen-bond acceptors (Lipinski definition) is 4. The van der Waals surface area contributed by atoms with Crippen LogP contribution in [0, 0.1) is 0 Å². The summed E-state index contributed by atoms with van der Waals surface area (Å²) in [5, 5.41) is 13.3. The van der Waals surface area contributed by atoms with E-state index < -0.39 is 0 Å². The molecule has 0 saturated heterocycles. The number of methoxy groups -OCH3 is 1. The van der Waals surface area contributed by atoms with E-state index in [9.17, 15) is 5.11 Å². The molecular formula is C15H18N2O2. The Balaban J connectivity index is 2.03. The molecule has 2 aromatic rings. The van der Waals surface area contributed by atoms with Crippen LogP contribution in [0.2, 0.25) is 0 Å². The first-order chi connectivity index (χ1) is 9.22. The van der Waals surface area contributed by atoms with E-state index in [-0.39, 0.29) is 11.8 Å². The number of ether oxygens (including phenoxy) is 1. The molecule has 0 aliphatic rings. The van der Waals surface area contributed by atoms with Gasteiger partial charge in [0.1, 0.15) is 0 Å². The van der Waals surface area contributed by atoms with Gasteiger partial charge in [0.05, 0.1) is 7.11 Å². The van der Waals surface area contributed by atoms with E-state index in [1.54, 1.807) is 19.4 Å². The monoisotopic (exact) mass is 258 g/mol. The molecule has 0 unspecified atom stereocenters. The van der Waals surface area contributed by atoms with Gasteiger partial charge in [-0.1, -0.05) is 18.2 Å². The molecule has 0 bridgehead atoms. The summed E-state index contributed by atoms with van der Waals surface area (Å²) in [4.78, 5) is 4.10. The number of para-hydroxylation sites is 1. The van der Waals surface area contributed by atoms with Gasteiger partial charge in [-0.3, -0.25) is 4.98 Å². The largest absolute Gasteiger partial charge is 0.504 e. The number of rotatable bonds is 5. The summed E-state index contributed by atoms with van der Waals surface area (Å²) in [5.41, 5.74) is 1.93. The van der Waals surface area contributed by atoms with Crippen molar-refractivity contribution in [1.82, 2.24) is 10.3 Å². The molecule has 19 heavy (non-hydrogen) atoms. The summed E-state index contributed by atoms with van der Waals surface area (Å²) in [5.74, 6) is 0.684. The summed E-state index contributed by atoms with van der Waals surface area (Å²) < 4.78 is 5.09. The summed E-state index contributed by atoms with van der Waals surface area (Å²) in [6.07, 6.45) is 3.59. The van der Waals surface area contributed by atoms with E-state index >= 15 is 0 Å². The van der Waals surface area contributed by atoms with Crippen molar-refractivity contribution >= 4 is 0 Å². The Bertz CT molecular complexity index is 529. The number of benzene rings is 1. The maximum absolute atomic E-state index is 9.99. The maximum Gasteiger partial charge on any atom is 0.162 e. The second-order valence-electron chi connectivity index (χ2n) is 4.36. The second-order valence-corrected chi connectivity index (χ2v) is 4.36. The average molecular weight is 258 g/mol. The van der Waals surface area contributed by atoms with Crippen LogP contribution in [0.4, 0.5) is 0 Å². The zero-order valence-electron chi connectivity index (χ0n) is 11.1. The fourth-order valence-corrected chi connectivity index (χ4v) is 1.89. The zero-order chi connectivity index (χ0) is 13.7. The SMILES string of the molecule is COc1cccc(CN[C@@H](C)c2cccnc2)c1O. The van der Waals surface area contributed by atoms with Crippen LogP contribution >= 0.6 is 0 Å². The minimum absolute atomic E-state index is 0.166. The van der Waals surface area contributed by atoms with Crippen molar-refractivity contribution in [3.05, 3.63) is 53.9 Å². The summed E-state index contributed by atoms with van der Waals surface area (Å²) >= 11 is 0. The third-order valence-corrected chi connectivity index (χ3v) is 3.09. The molecule has 100 valence electrons. The predicted octanol–water partition coefficient (Wildman–Crippen LogP) is 2.65. The molecule has 2 N–H and O–H groups in total. The Hall–Kier alpha value is -2.07. The Morgan fingerprint density at radius 3 is 2.84 bits per heavy atom. The molecule has 0 radical (unpaired) electrons. The van der Waals surface area contributed by atoms with E-state index in [0.29, 0.717) is 12.3 Å². The molecule has 0 aliphatic carbocycles. The smallest absolute Gasteiger partial charge is 0.162 e. The molecule has 0 aliphatic heterocycles. The third kappa shape index (κ3) is 3.23. The first kappa shape index (κ1) is 13.4. The fourth-order valence-electron chi connectivity index (χ4n) is 1.89. The van der Waals surface area contributed by atoms with Gasteiger partial charge in [-0.2, -0.15) is 0 Å². The fraction of sp³-hybridized carbons (Fsp3) is 0.267. The van der Waals surface area contributed by atoms with Crippen LogP contribution in [0.15, 0.2) is 42.7 Å². The Morgan fingerprint density at radius 1 is 1.32 bits per heavy atom. The molecule has 1 aromatic heterocycles. The van der Waals surface area contributed by atoms with E-state index in [1.807, 2.05) is 30.5 Å². The predicted molar refractivity (Wildman–Crippen MR) is 74.2 cm³/mol. The number of aromatic hydroxyl groups is 1. The van der Waals surface area contributed by atoms with Crippen LogP contribution in [0.25, 0.3) is 0 Å². The number of nitrogens with zero attached hydrogens (tertiary/aromatic N) is 1. The van der Waals surface area contributed by atoms with Gasteiger partial charge in [0.2, 0.25) is 0 Å². The molecular weight excluding hydrogens is 240 g/mol. The topological polar surface area (TPSA) is 54.4 Å². The molecule has 1 aromatic carbocycles. The van der Waals surface area contributed by atoms with Gasteiger partial charge in [-0.15, -0.1) is 0 Å². The molecule has 2 rings (SSSR count). The van der Waals surface area contributed by atoms with Gasteiger partial charge < -0.3 is 15.2 Å². The zero-order valence-corrected chi connectivity index (χ0v) is 11.1. The van der Waals surface area contributed by atoms with Crippen molar-refractivity contribution in [1.29, 1.82) is 0 Å². The van der Waals surface area contributed by atoms with Crippen molar-refractivity contribution in [2.75, 3.05) is 7.11 Å². The van der Waals surface area contributed by atoms with Crippen molar-refractivity contribution in [2.45, 2.75) is 19.5 Å². The molecule has 0 fully saturated rings. The first-order valence-electron chi connectivity index (χ1n) is 6.20. The minimum atomic E-state index is 0.166. The molecule has 0 spiro atoms. The molecule has 1 atom stereocenters. The highest BCUT2D eigenvalue weighted by Crippen LogP contribution is 2.29. The number of nitrogens with one attached hydrogen (secondary N) is 1. The quantitative estimate of drug-likeness (QED) is 0.865. The lowest BCUT2D eigenvalue weighted by Crippen LogP contribution is -2.18. The summed E-state index contributed by atoms with van der Waals surface area (Å²) in [7, 11) is 1.55. The summed E-state index contributed by atoms with van der Waals surface area (Å²) in [6, 6.07) is 9.58. The lowest BCUT2D eigenvalue weighted by molar-refractivity contribution is 0.369. The van der Waals surface area contributed by atoms with Gasteiger partial charge in [0, 0.05) is 30.5 Å². The second kappa shape index (κ2) is 6.20. The summed E-state index contributed by atoms with van der Waals surface area (Å²) in [6.45, 7) is 2.63. The molecule has 1 heterocycles. The van der Waals surface area contributed by atoms with Gasteiger partial charge in [-0.25, -0.2) is 0 Å². The number of aromatic nitrogens is 1. The van der Waals surface area contributed by atoms with Crippen LogP contribution in [0.1, 0.15) is 24.1 Å². The molecule has 4 heteroatoms. The third-order valence-electron chi connectivity index (χ3n) is 3.09. The van der Waals surface area contributed by atoms with Crippen LogP contribution in [-0.4, -0.2) is 17.2 Å². The van der Waals surface area contributed by atoms with Crippen molar-refractivity contribution in [3.8, 4) is 11.5 Å². The van der Waals surface area contributed by atoms with Gasteiger partial charge in [-0.05, 0) is 24.6 Å². The molecule has 4 nitrogen and oxygen atoms in total. The van der Waals surface area contributed by atoms with Crippen LogP contribution in [0.5, 0.6) is 11.5 Å². The standard InChI is InChI=1S/C15H18N2O2/c1-11(12-6-4-8-16-9-12)17-10-13-5-3-7-14(19-2)15(13)18/h3-9,11,17-18H,10H2,1-2H3/t11-/m0/s1. The van der Waals surface area contributed by atoms with Gasteiger partial charge in [0.25, 0.3) is 0 Å². The van der Waals surface area contributed by atoms with E-state index in [2.05, 4.69) is 17.2 Å². The lowest BCUT2D eigenvalue weighted by atomic mass is 10.1. The average Bonchev–Trinajstić information content (AvgIpc) is 2.47. The number of hydrogen-bond donors (Lipinski definition) is 2. The highest BCUT2D eigenvalue weighted by Gasteiger charge is 2.09. The van der Waals surface area contributed by atoms with Crippen LogP contribution in [0.3, 0.4) is 0 Å².